The van der Waals surface area contributed by atoms with E-state index >= 15 is 0 Å². The van der Waals surface area contributed by atoms with Crippen molar-refractivity contribution >= 4 is 33.0 Å². The smallest absolute Gasteiger partial charge is 0.236 e. The first-order valence-electron chi connectivity index (χ1n) is 4.48. The number of hydrogen-bond donors (Lipinski definition) is 1. The Hall–Kier alpha value is -1.66. The number of fused-ring (bicyclic) bond motifs is 1. The lowest BCUT2D eigenvalue weighted by atomic mass is 10.2. The van der Waals surface area contributed by atoms with Gasteiger partial charge in [-0.3, -0.25) is 0 Å². The van der Waals surface area contributed by atoms with Gasteiger partial charge in [0.15, 0.2) is 5.82 Å². The topological polar surface area (TPSA) is 69.1 Å². The number of hydrogen-bond acceptors (Lipinski definition) is 5. The Bertz CT molecular complexity index is 659. The van der Waals surface area contributed by atoms with E-state index in [9.17, 15) is 0 Å². The normalized spacial score (nSPS) is 11.1. The molecule has 0 aliphatic carbocycles. The Morgan fingerprint density at radius 2 is 2.06 bits per heavy atom. The van der Waals surface area contributed by atoms with Crippen molar-refractivity contribution in [3.63, 3.8) is 0 Å². The molecule has 0 aliphatic rings. The van der Waals surface area contributed by atoms with Crippen LogP contribution in [0.3, 0.4) is 0 Å². The number of nitrogens with two attached hydrogens (primary N) is 1. The lowest BCUT2D eigenvalue weighted by Gasteiger charge is -1.98. The highest BCUT2D eigenvalue weighted by Crippen LogP contribution is 2.27. The molecule has 7 heteroatoms. The molecule has 0 bridgehead atoms. The summed E-state index contributed by atoms with van der Waals surface area (Å²) in [5.74, 6) is 0.605. The van der Waals surface area contributed by atoms with Gasteiger partial charge in [0.1, 0.15) is 0 Å². The summed E-state index contributed by atoms with van der Waals surface area (Å²) in [6, 6.07) is 7.42. The number of nitrogens with zero attached hydrogens (tertiary/aromatic N) is 4. The Kier molecular flexibility index (Phi) is 2.05. The monoisotopic (exact) mass is 251 g/mol. The molecule has 1 aromatic carbocycles. The predicted molar refractivity (Wildman–Crippen MR) is 63.5 cm³/mol. The van der Waals surface area contributed by atoms with E-state index in [2.05, 4.69) is 15.3 Å². The van der Waals surface area contributed by atoms with Gasteiger partial charge >= 0.3 is 0 Å². The first kappa shape index (κ1) is 9.56. The molecule has 2 N–H and O–H groups in total. The second kappa shape index (κ2) is 3.43. The van der Waals surface area contributed by atoms with Gasteiger partial charge < -0.3 is 5.73 Å². The van der Waals surface area contributed by atoms with Gasteiger partial charge in [-0.2, -0.15) is 4.52 Å². The summed E-state index contributed by atoms with van der Waals surface area (Å²) in [6.45, 7) is 0. The Balaban J connectivity index is 2.30. The van der Waals surface area contributed by atoms with Crippen molar-refractivity contribution in [2.75, 3.05) is 5.73 Å². The first-order valence-corrected chi connectivity index (χ1v) is 5.68. The van der Waals surface area contributed by atoms with Gasteiger partial charge in [-0.15, -0.1) is 15.3 Å². The number of halogens is 1. The molecule has 2 heterocycles. The zero-order chi connectivity index (χ0) is 11.1. The minimum absolute atomic E-state index is 0.457. The fourth-order valence-electron chi connectivity index (χ4n) is 1.44. The first-order chi connectivity index (χ1) is 7.75. The van der Waals surface area contributed by atoms with Crippen molar-refractivity contribution < 1.29 is 0 Å². The third-order valence-corrected chi connectivity index (χ3v) is 3.18. The van der Waals surface area contributed by atoms with E-state index in [1.165, 1.54) is 11.3 Å². The van der Waals surface area contributed by atoms with E-state index in [0.717, 1.165) is 5.56 Å². The molecule has 0 spiro atoms. The Morgan fingerprint density at radius 1 is 1.25 bits per heavy atom. The molecule has 3 rings (SSSR count). The molecule has 0 saturated heterocycles. The third-order valence-electron chi connectivity index (χ3n) is 2.12. The molecule has 3 aromatic rings. The summed E-state index contributed by atoms with van der Waals surface area (Å²) >= 11 is 7.37. The zero-order valence-electron chi connectivity index (χ0n) is 7.96. The average molecular weight is 252 g/mol. The summed E-state index contributed by atoms with van der Waals surface area (Å²) < 4.78 is 1.60. The number of aromatic nitrogens is 4. The molecule has 5 nitrogen and oxygen atoms in total. The molecule has 0 atom stereocenters. The second-order valence-electron chi connectivity index (χ2n) is 3.14. The fourth-order valence-corrected chi connectivity index (χ4v) is 2.27. The van der Waals surface area contributed by atoms with Crippen molar-refractivity contribution in [3.05, 3.63) is 29.3 Å². The molecule has 0 saturated carbocycles. The van der Waals surface area contributed by atoms with E-state index in [1.54, 1.807) is 10.6 Å². The van der Waals surface area contributed by atoms with Crippen LogP contribution in [0.15, 0.2) is 24.3 Å². The van der Waals surface area contributed by atoms with Crippen LogP contribution in [0.4, 0.5) is 5.13 Å². The summed E-state index contributed by atoms with van der Waals surface area (Å²) in [5, 5.41) is 13.2. The molecular formula is C9H6ClN5S. The number of nitrogen functional groups attached to an aromatic ring is 1. The summed E-state index contributed by atoms with van der Waals surface area (Å²) in [6.07, 6.45) is 0. The summed E-state index contributed by atoms with van der Waals surface area (Å²) in [4.78, 5) is 0.660. The average Bonchev–Trinajstić information content (AvgIpc) is 2.78. The molecule has 16 heavy (non-hydrogen) atoms. The Labute approximate surface area is 99.5 Å². The lowest BCUT2D eigenvalue weighted by molar-refractivity contribution is 0.973. The SMILES string of the molecule is Nc1nn2c(-c3ccccc3Cl)nnc2s1. The molecule has 80 valence electrons. The molecule has 0 amide bonds. The molecule has 0 fully saturated rings. The quantitative estimate of drug-likeness (QED) is 0.719. The van der Waals surface area contributed by atoms with Crippen molar-refractivity contribution in [3.8, 4) is 11.4 Å². The maximum Gasteiger partial charge on any atom is 0.236 e. The highest BCUT2D eigenvalue weighted by Gasteiger charge is 2.13. The minimum Gasteiger partial charge on any atom is -0.374 e. The van der Waals surface area contributed by atoms with Crippen LogP contribution < -0.4 is 5.73 Å². The molecule has 0 unspecified atom stereocenters. The fraction of sp³-hybridized carbons (Fsp3) is 0. The molecule has 0 radical (unpaired) electrons. The minimum atomic E-state index is 0.457. The predicted octanol–water partition coefficient (Wildman–Crippen LogP) is 2.09. The molecular weight excluding hydrogens is 246 g/mol. The number of anilines is 1. The standard InChI is InChI=1S/C9H6ClN5S/c10-6-4-2-1-3-5(6)7-12-13-9-15(7)14-8(11)16-9/h1-4H,(H2,11,14). The number of benzene rings is 1. The van der Waals surface area contributed by atoms with Crippen molar-refractivity contribution in [2.45, 2.75) is 0 Å². The molecule has 0 aliphatic heterocycles. The number of rotatable bonds is 1. The van der Waals surface area contributed by atoms with Gasteiger partial charge in [0, 0.05) is 5.56 Å². The highest BCUT2D eigenvalue weighted by atomic mass is 35.5. The summed E-state index contributed by atoms with van der Waals surface area (Å²) in [5.41, 5.74) is 6.40. The second-order valence-corrected chi connectivity index (χ2v) is 4.53. The van der Waals surface area contributed by atoms with Crippen LogP contribution in [0.25, 0.3) is 16.3 Å². The summed E-state index contributed by atoms with van der Waals surface area (Å²) in [7, 11) is 0. The van der Waals surface area contributed by atoms with Crippen LogP contribution in [-0.2, 0) is 0 Å². The maximum absolute atomic E-state index is 6.09. The highest BCUT2D eigenvalue weighted by molar-refractivity contribution is 7.20. The van der Waals surface area contributed by atoms with E-state index < -0.39 is 0 Å². The largest absolute Gasteiger partial charge is 0.374 e. The van der Waals surface area contributed by atoms with Crippen molar-refractivity contribution in [1.29, 1.82) is 0 Å². The van der Waals surface area contributed by atoms with Crippen LogP contribution in [0.1, 0.15) is 0 Å². The van der Waals surface area contributed by atoms with Crippen LogP contribution in [-0.4, -0.2) is 19.8 Å². The van der Waals surface area contributed by atoms with E-state index in [0.29, 0.717) is 20.9 Å². The van der Waals surface area contributed by atoms with Crippen LogP contribution >= 0.6 is 22.9 Å². The van der Waals surface area contributed by atoms with Crippen LogP contribution in [0, 0.1) is 0 Å². The van der Waals surface area contributed by atoms with Gasteiger partial charge in [0.25, 0.3) is 0 Å². The van der Waals surface area contributed by atoms with Gasteiger partial charge in [-0.05, 0) is 12.1 Å². The van der Waals surface area contributed by atoms with Gasteiger partial charge in [-0.1, -0.05) is 35.1 Å². The Morgan fingerprint density at radius 3 is 2.88 bits per heavy atom. The van der Waals surface area contributed by atoms with E-state index in [-0.39, 0.29) is 0 Å². The lowest BCUT2D eigenvalue weighted by Crippen LogP contribution is -1.92. The van der Waals surface area contributed by atoms with Gasteiger partial charge in [0.2, 0.25) is 10.1 Å². The van der Waals surface area contributed by atoms with E-state index in [4.69, 9.17) is 17.3 Å². The van der Waals surface area contributed by atoms with Gasteiger partial charge in [-0.25, -0.2) is 0 Å². The van der Waals surface area contributed by atoms with E-state index in [1.807, 2.05) is 18.2 Å². The third kappa shape index (κ3) is 1.35. The molecule has 2 aromatic heterocycles. The zero-order valence-corrected chi connectivity index (χ0v) is 9.53. The van der Waals surface area contributed by atoms with Crippen molar-refractivity contribution in [2.24, 2.45) is 0 Å². The van der Waals surface area contributed by atoms with Crippen LogP contribution in [0.2, 0.25) is 5.02 Å². The maximum atomic E-state index is 6.09. The van der Waals surface area contributed by atoms with Crippen LogP contribution in [0.5, 0.6) is 0 Å². The van der Waals surface area contributed by atoms with Crippen molar-refractivity contribution in [1.82, 2.24) is 19.8 Å². The van der Waals surface area contributed by atoms with Gasteiger partial charge in [0.05, 0.1) is 5.02 Å².